The Balaban J connectivity index is 2.85. The molecular weight excluding hydrogens is 280 g/mol. The summed E-state index contributed by atoms with van der Waals surface area (Å²) >= 11 is 0. The molecule has 1 saturated heterocycles. The standard InChI is InChI=1S/C13H24N2O4S/c1-5-13(6-2)12(17)15(9-11(16)14-13)7-8-20(18,19)10(3)4/h10H,5-9H2,1-4H3,(H,14,16). The van der Waals surface area contributed by atoms with Crippen molar-refractivity contribution in [2.24, 2.45) is 0 Å². The van der Waals surface area contributed by atoms with E-state index in [9.17, 15) is 18.0 Å². The van der Waals surface area contributed by atoms with Gasteiger partial charge in [0.15, 0.2) is 9.84 Å². The van der Waals surface area contributed by atoms with Crippen molar-refractivity contribution < 1.29 is 18.0 Å². The molecule has 0 radical (unpaired) electrons. The smallest absolute Gasteiger partial charge is 0.248 e. The van der Waals surface area contributed by atoms with Gasteiger partial charge in [-0.25, -0.2) is 8.42 Å². The molecular formula is C13H24N2O4S. The Morgan fingerprint density at radius 3 is 2.25 bits per heavy atom. The minimum Gasteiger partial charge on any atom is -0.340 e. The maximum atomic E-state index is 12.5. The van der Waals surface area contributed by atoms with Gasteiger partial charge in [0.2, 0.25) is 11.8 Å². The molecule has 2 amide bonds. The molecule has 0 atom stereocenters. The molecule has 6 nitrogen and oxygen atoms in total. The molecule has 1 N–H and O–H groups in total. The van der Waals surface area contributed by atoms with E-state index in [2.05, 4.69) is 5.32 Å². The van der Waals surface area contributed by atoms with Gasteiger partial charge in [-0.3, -0.25) is 9.59 Å². The number of rotatable bonds is 6. The van der Waals surface area contributed by atoms with E-state index in [0.717, 1.165) is 0 Å². The van der Waals surface area contributed by atoms with Crippen molar-refractivity contribution in [2.45, 2.75) is 51.3 Å². The molecule has 0 saturated carbocycles. The van der Waals surface area contributed by atoms with Crippen molar-refractivity contribution in [3.05, 3.63) is 0 Å². The van der Waals surface area contributed by atoms with Crippen LogP contribution in [0.4, 0.5) is 0 Å². The number of carbonyl (C=O) groups is 2. The second-order valence-electron chi connectivity index (χ2n) is 5.48. The largest absolute Gasteiger partial charge is 0.340 e. The third kappa shape index (κ3) is 3.31. The number of nitrogens with one attached hydrogen (secondary N) is 1. The summed E-state index contributed by atoms with van der Waals surface area (Å²) < 4.78 is 23.6. The first-order chi connectivity index (χ1) is 9.18. The maximum Gasteiger partial charge on any atom is 0.248 e. The fourth-order valence-electron chi connectivity index (χ4n) is 2.29. The van der Waals surface area contributed by atoms with Crippen molar-refractivity contribution in [3.8, 4) is 0 Å². The highest BCUT2D eigenvalue weighted by molar-refractivity contribution is 7.92. The van der Waals surface area contributed by atoms with Crippen LogP contribution in [-0.2, 0) is 19.4 Å². The van der Waals surface area contributed by atoms with E-state index < -0.39 is 20.6 Å². The molecule has 1 aliphatic rings. The number of hydrogen-bond donors (Lipinski definition) is 1. The molecule has 20 heavy (non-hydrogen) atoms. The van der Waals surface area contributed by atoms with Crippen LogP contribution in [0.25, 0.3) is 0 Å². The predicted octanol–water partition coefficient (Wildman–Crippen LogP) is 0.327. The van der Waals surface area contributed by atoms with E-state index in [4.69, 9.17) is 0 Å². The molecule has 0 aromatic heterocycles. The number of amides is 2. The van der Waals surface area contributed by atoms with Crippen LogP contribution in [0.3, 0.4) is 0 Å². The monoisotopic (exact) mass is 304 g/mol. The summed E-state index contributed by atoms with van der Waals surface area (Å²) in [5.41, 5.74) is -0.878. The van der Waals surface area contributed by atoms with Gasteiger partial charge in [0, 0.05) is 6.54 Å². The van der Waals surface area contributed by atoms with Crippen LogP contribution in [-0.4, -0.2) is 54.8 Å². The molecule has 1 rings (SSSR count). The predicted molar refractivity (Wildman–Crippen MR) is 77.0 cm³/mol. The number of nitrogens with zero attached hydrogens (tertiary/aromatic N) is 1. The number of piperazine rings is 1. The van der Waals surface area contributed by atoms with Crippen molar-refractivity contribution in [3.63, 3.8) is 0 Å². The zero-order valence-electron chi connectivity index (χ0n) is 12.6. The van der Waals surface area contributed by atoms with Gasteiger partial charge in [0.05, 0.1) is 17.5 Å². The fourth-order valence-corrected chi connectivity index (χ4v) is 3.24. The highest BCUT2D eigenvalue weighted by Crippen LogP contribution is 2.22. The molecule has 1 fully saturated rings. The summed E-state index contributed by atoms with van der Waals surface area (Å²) in [6, 6.07) is 0. The van der Waals surface area contributed by atoms with E-state index >= 15 is 0 Å². The Kier molecular flexibility index (Phi) is 5.18. The first kappa shape index (κ1) is 16.9. The molecule has 0 unspecified atom stereocenters. The molecule has 116 valence electrons. The van der Waals surface area contributed by atoms with Crippen molar-refractivity contribution in [2.75, 3.05) is 18.8 Å². The van der Waals surface area contributed by atoms with E-state index in [1.165, 1.54) is 4.90 Å². The lowest BCUT2D eigenvalue weighted by Crippen LogP contribution is -2.66. The van der Waals surface area contributed by atoms with Gasteiger partial charge in [-0.1, -0.05) is 13.8 Å². The third-order valence-electron chi connectivity index (χ3n) is 3.98. The molecule has 7 heteroatoms. The van der Waals surface area contributed by atoms with Crippen LogP contribution in [0.15, 0.2) is 0 Å². The summed E-state index contributed by atoms with van der Waals surface area (Å²) in [5.74, 6) is -0.510. The fraction of sp³-hybridized carbons (Fsp3) is 0.846. The summed E-state index contributed by atoms with van der Waals surface area (Å²) in [4.78, 5) is 25.6. The lowest BCUT2D eigenvalue weighted by molar-refractivity contribution is -0.150. The van der Waals surface area contributed by atoms with Crippen LogP contribution in [0.1, 0.15) is 40.5 Å². The Morgan fingerprint density at radius 2 is 1.80 bits per heavy atom. The zero-order valence-corrected chi connectivity index (χ0v) is 13.4. The van der Waals surface area contributed by atoms with Gasteiger partial charge in [0.25, 0.3) is 0 Å². The third-order valence-corrected chi connectivity index (χ3v) is 6.17. The molecule has 0 aliphatic carbocycles. The van der Waals surface area contributed by atoms with Gasteiger partial charge in [-0.2, -0.15) is 0 Å². The summed E-state index contributed by atoms with van der Waals surface area (Å²) in [6.45, 7) is 6.93. The van der Waals surface area contributed by atoms with E-state index in [1.807, 2.05) is 13.8 Å². The summed E-state index contributed by atoms with van der Waals surface area (Å²) in [5, 5.41) is 2.28. The SMILES string of the molecule is CCC1(CC)NC(=O)CN(CCS(=O)(=O)C(C)C)C1=O. The van der Waals surface area contributed by atoms with E-state index in [-0.39, 0.29) is 30.7 Å². The molecule has 0 aromatic rings. The van der Waals surface area contributed by atoms with Crippen LogP contribution in [0.2, 0.25) is 0 Å². The van der Waals surface area contributed by atoms with Crippen molar-refractivity contribution in [1.29, 1.82) is 0 Å². The molecule has 1 aliphatic heterocycles. The van der Waals surface area contributed by atoms with Crippen molar-refractivity contribution >= 4 is 21.7 Å². The average Bonchev–Trinajstić information content (AvgIpc) is 2.39. The van der Waals surface area contributed by atoms with E-state index in [0.29, 0.717) is 12.8 Å². The van der Waals surface area contributed by atoms with E-state index in [1.54, 1.807) is 13.8 Å². The summed E-state index contributed by atoms with van der Waals surface area (Å²) in [6.07, 6.45) is 1.00. The van der Waals surface area contributed by atoms with Crippen LogP contribution < -0.4 is 5.32 Å². The topological polar surface area (TPSA) is 83.6 Å². The zero-order chi connectivity index (χ0) is 15.6. The second-order valence-corrected chi connectivity index (χ2v) is 8.16. The maximum absolute atomic E-state index is 12.5. The highest BCUT2D eigenvalue weighted by atomic mass is 32.2. The molecule has 1 heterocycles. The second kappa shape index (κ2) is 6.11. The first-order valence-electron chi connectivity index (χ1n) is 7.00. The molecule has 0 aromatic carbocycles. The highest BCUT2D eigenvalue weighted by Gasteiger charge is 2.44. The average molecular weight is 304 g/mol. The first-order valence-corrected chi connectivity index (χ1v) is 8.72. The van der Waals surface area contributed by atoms with Crippen molar-refractivity contribution in [1.82, 2.24) is 10.2 Å². The van der Waals surface area contributed by atoms with Crippen LogP contribution in [0, 0.1) is 0 Å². The minimum atomic E-state index is -3.21. The van der Waals surface area contributed by atoms with Gasteiger partial charge in [-0.15, -0.1) is 0 Å². The Morgan fingerprint density at radius 1 is 1.25 bits per heavy atom. The minimum absolute atomic E-state index is 0.0613. The van der Waals surface area contributed by atoms with Gasteiger partial charge < -0.3 is 10.2 Å². The Hall–Kier alpha value is -1.11. The van der Waals surface area contributed by atoms with Gasteiger partial charge in [-0.05, 0) is 26.7 Å². The quantitative estimate of drug-likeness (QED) is 0.766. The molecule has 0 bridgehead atoms. The molecule has 0 spiro atoms. The van der Waals surface area contributed by atoms with Crippen LogP contribution in [0.5, 0.6) is 0 Å². The number of carbonyl (C=O) groups excluding carboxylic acids is 2. The Bertz CT molecular complexity index is 481. The lowest BCUT2D eigenvalue weighted by atomic mass is 9.89. The number of hydrogen-bond acceptors (Lipinski definition) is 4. The Labute approximate surface area is 120 Å². The summed E-state index contributed by atoms with van der Waals surface area (Å²) in [7, 11) is -3.21. The van der Waals surface area contributed by atoms with Gasteiger partial charge in [0.1, 0.15) is 5.54 Å². The normalized spacial score (nSPS) is 19.4. The van der Waals surface area contributed by atoms with Crippen LogP contribution >= 0.6 is 0 Å². The lowest BCUT2D eigenvalue weighted by Gasteiger charge is -2.41. The number of sulfone groups is 1. The van der Waals surface area contributed by atoms with Gasteiger partial charge >= 0.3 is 0 Å².